The summed E-state index contributed by atoms with van der Waals surface area (Å²) < 4.78 is 25.1. The van der Waals surface area contributed by atoms with Gasteiger partial charge in [0.1, 0.15) is 0 Å². The summed E-state index contributed by atoms with van der Waals surface area (Å²) in [7, 11) is -3.82. The Morgan fingerprint density at radius 1 is 1.09 bits per heavy atom. The monoisotopic (exact) mass is 382 g/mol. The van der Waals surface area contributed by atoms with Gasteiger partial charge in [-0.05, 0) is 53.5 Å². The summed E-state index contributed by atoms with van der Waals surface area (Å²) in [6, 6.07) is 11.7. The van der Waals surface area contributed by atoms with Gasteiger partial charge < -0.3 is 0 Å². The maximum absolute atomic E-state index is 12.2. The second-order valence-electron chi connectivity index (χ2n) is 4.81. The van der Waals surface area contributed by atoms with Crippen molar-refractivity contribution >= 4 is 31.9 Å². The molecular weight excluding hydrogens is 368 g/mol. The zero-order chi connectivity index (χ0) is 16.3. The van der Waals surface area contributed by atoms with E-state index in [0.717, 1.165) is 5.56 Å². The van der Waals surface area contributed by atoms with E-state index >= 15 is 0 Å². The number of carbonyl (C=O) groups is 1. The van der Waals surface area contributed by atoms with Crippen molar-refractivity contribution < 1.29 is 13.2 Å². The number of amides is 1. The van der Waals surface area contributed by atoms with Crippen molar-refractivity contribution in [2.45, 2.75) is 18.7 Å². The smallest absolute Gasteiger partial charge is 0.267 e. The Morgan fingerprint density at radius 3 is 2.41 bits per heavy atom. The van der Waals surface area contributed by atoms with Crippen LogP contribution in [-0.2, 0) is 10.0 Å². The average Bonchev–Trinajstić information content (AvgIpc) is 2.45. The second kappa shape index (κ2) is 6.60. The molecule has 0 fully saturated rings. The van der Waals surface area contributed by atoms with Crippen molar-refractivity contribution in [3.63, 3.8) is 0 Å². The molecule has 0 atom stereocenters. The number of rotatable bonds is 4. The minimum atomic E-state index is -3.82. The quantitative estimate of drug-likeness (QED) is 0.798. The Morgan fingerprint density at radius 2 is 1.77 bits per heavy atom. The van der Waals surface area contributed by atoms with E-state index in [-0.39, 0.29) is 4.90 Å². The zero-order valence-electron chi connectivity index (χ0n) is 12.1. The molecule has 5 nitrogen and oxygen atoms in total. The zero-order valence-corrected chi connectivity index (χ0v) is 14.5. The highest BCUT2D eigenvalue weighted by Crippen LogP contribution is 2.17. The molecule has 0 bridgehead atoms. The van der Waals surface area contributed by atoms with Gasteiger partial charge in [0.05, 0.1) is 10.5 Å². The highest BCUT2D eigenvalue weighted by molar-refractivity contribution is 9.10. The first kappa shape index (κ1) is 16.7. The summed E-state index contributed by atoms with van der Waals surface area (Å²) in [5.41, 5.74) is 4.13. The summed E-state index contributed by atoms with van der Waals surface area (Å²) in [6.45, 7) is 3.59. The van der Waals surface area contributed by atoms with Gasteiger partial charge in [0.2, 0.25) is 0 Å². The lowest BCUT2D eigenvalue weighted by atomic mass is 10.2. The van der Waals surface area contributed by atoms with E-state index in [4.69, 9.17) is 0 Å². The number of benzene rings is 2. The molecular formula is C15H15BrN2O3S. The number of halogens is 1. The lowest BCUT2D eigenvalue weighted by Gasteiger charge is -2.11. The van der Waals surface area contributed by atoms with Crippen LogP contribution in [0.5, 0.6) is 0 Å². The molecule has 2 rings (SSSR count). The molecule has 0 aliphatic carbocycles. The van der Waals surface area contributed by atoms with Crippen LogP contribution in [0.2, 0.25) is 0 Å². The van der Waals surface area contributed by atoms with Gasteiger partial charge in [-0.1, -0.05) is 29.8 Å². The van der Waals surface area contributed by atoms with Crippen molar-refractivity contribution in [3.05, 3.63) is 63.6 Å². The SMILES string of the molecule is Cc1ccc(S(=O)(=O)NNC(=O)c2ccccc2Br)c(C)c1. The molecule has 0 aliphatic rings. The van der Waals surface area contributed by atoms with E-state index in [1.165, 1.54) is 6.07 Å². The lowest BCUT2D eigenvalue weighted by molar-refractivity contribution is 0.0944. The van der Waals surface area contributed by atoms with Gasteiger partial charge in [0.15, 0.2) is 0 Å². The van der Waals surface area contributed by atoms with E-state index in [9.17, 15) is 13.2 Å². The molecule has 0 heterocycles. The van der Waals surface area contributed by atoms with Gasteiger partial charge in [-0.2, -0.15) is 0 Å². The van der Waals surface area contributed by atoms with Crippen LogP contribution >= 0.6 is 15.9 Å². The van der Waals surface area contributed by atoms with E-state index in [2.05, 4.69) is 26.2 Å². The van der Waals surface area contributed by atoms with Crippen LogP contribution in [0, 0.1) is 13.8 Å². The Balaban J connectivity index is 2.17. The fraction of sp³-hybridized carbons (Fsp3) is 0.133. The topological polar surface area (TPSA) is 75.3 Å². The van der Waals surface area contributed by atoms with Crippen molar-refractivity contribution in [2.75, 3.05) is 0 Å². The predicted octanol–water partition coefficient (Wildman–Crippen LogP) is 2.69. The minimum absolute atomic E-state index is 0.130. The fourth-order valence-electron chi connectivity index (χ4n) is 1.98. The van der Waals surface area contributed by atoms with Crippen molar-refractivity contribution in [3.8, 4) is 0 Å². The summed E-state index contributed by atoms with van der Waals surface area (Å²) in [5, 5.41) is 0. The van der Waals surface area contributed by atoms with Gasteiger partial charge in [-0.15, -0.1) is 4.83 Å². The molecule has 2 aromatic rings. The number of carbonyl (C=O) groups excluding carboxylic acids is 1. The molecule has 0 aromatic heterocycles. The standard InChI is InChI=1S/C15H15BrN2O3S/c1-10-7-8-14(11(2)9-10)22(20,21)18-17-15(19)12-5-3-4-6-13(12)16/h3-9,18H,1-2H3,(H,17,19). The van der Waals surface area contributed by atoms with E-state index in [1.807, 2.05) is 6.92 Å². The third-order valence-electron chi connectivity index (χ3n) is 3.04. The second-order valence-corrected chi connectivity index (χ2v) is 7.31. The third-order valence-corrected chi connectivity index (χ3v) is 5.14. The van der Waals surface area contributed by atoms with Crippen molar-refractivity contribution in [2.24, 2.45) is 0 Å². The van der Waals surface area contributed by atoms with Crippen LogP contribution in [0.3, 0.4) is 0 Å². The first-order valence-electron chi connectivity index (χ1n) is 6.45. The number of hydrogen-bond donors (Lipinski definition) is 2. The number of aryl methyl sites for hydroxylation is 2. The molecule has 0 unspecified atom stereocenters. The first-order valence-corrected chi connectivity index (χ1v) is 8.73. The largest absolute Gasteiger partial charge is 0.273 e. The van der Waals surface area contributed by atoms with Crippen molar-refractivity contribution in [1.82, 2.24) is 10.3 Å². The number of nitrogens with one attached hydrogen (secondary N) is 2. The highest BCUT2D eigenvalue weighted by atomic mass is 79.9. The molecule has 0 spiro atoms. The molecule has 2 aromatic carbocycles. The molecule has 1 amide bonds. The number of hydrazine groups is 1. The van der Waals surface area contributed by atoms with E-state index in [1.54, 1.807) is 43.3 Å². The third kappa shape index (κ3) is 3.73. The maximum atomic E-state index is 12.2. The normalized spacial score (nSPS) is 11.2. The van der Waals surface area contributed by atoms with E-state index < -0.39 is 15.9 Å². The Bertz CT molecular complexity index is 819. The molecule has 2 N–H and O–H groups in total. The van der Waals surface area contributed by atoms with Crippen molar-refractivity contribution in [1.29, 1.82) is 0 Å². The fourth-order valence-corrected chi connectivity index (χ4v) is 3.51. The summed E-state index contributed by atoms with van der Waals surface area (Å²) in [6.07, 6.45) is 0. The van der Waals surface area contributed by atoms with Gasteiger partial charge in [0, 0.05) is 4.47 Å². The molecule has 116 valence electrons. The van der Waals surface area contributed by atoms with Gasteiger partial charge in [-0.3, -0.25) is 10.2 Å². The molecule has 7 heteroatoms. The summed E-state index contributed by atoms with van der Waals surface area (Å²) >= 11 is 3.24. The van der Waals surface area contributed by atoms with Gasteiger partial charge >= 0.3 is 0 Å². The van der Waals surface area contributed by atoms with Gasteiger partial charge in [-0.25, -0.2) is 8.42 Å². The summed E-state index contributed by atoms with van der Waals surface area (Å²) in [4.78, 5) is 14.3. The van der Waals surface area contributed by atoms with Crippen LogP contribution in [0.25, 0.3) is 0 Å². The number of sulfonamides is 1. The van der Waals surface area contributed by atoms with E-state index in [0.29, 0.717) is 15.6 Å². The maximum Gasteiger partial charge on any atom is 0.267 e. The molecule has 0 radical (unpaired) electrons. The minimum Gasteiger partial charge on any atom is -0.273 e. The lowest BCUT2D eigenvalue weighted by Crippen LogP contribution is -2.41. The number of hydrogen-bond acceptors (Lipinski definition) is 3. The van der Waals surface area contributed by atoms with Crippen LogP contribution < -0.4 is 10.3 Å². The van der Waals surface area contributed by atoms with Crippen LogP contribution in [0.4, 0.5) is 0 Å². The van der Waals surface area contributed by atoms with Crippen LogP contribution in [0.1, 0.15) is 21.5 Å². The van der Waals surface area contributed by atoms with Crippen LogP contribution in [0.15, 0.2) is 51.8 Å². The molecule has 22 heavy (non-hydrogen) atoms. The Kier molecular flexibility index (Phi) is 5.00. The summed E-state index contributed by atoms with van der Waals surface area (Å²) in [5.74, 6) is -0.541. The molecule has 0 saturated carbocycles. The highest BCUT2D eigenvalue weighted by Gasteiger charge is 2.18. The Labute approximate surface area is 137 Å². The Hall–Kier alpha value is -1.70. The first-order chi connectivity index (χ1) is 10.3. The molecule has 0 aliphatic heterocycles. The predicted molar refractivity (Wildman–Crippen MR) is 87.8 cm³/mol. The van der Waals surface area contributed by atoms with Gasteiger partial charge in [0.25, 0.3) is 15.9 Å². The average molecular weight is 383 g/mol. The van der Waals surface area contributed by atoms with Crippen LogP contribution in [-0.4, -0.2) is 14.3 Å². The molecule has 0 saturated heterocycles.